The van der Waals surface area contributed by atoms with Crippen molar-refractivity contribution < 1.29 is 24.2 Å². The van der Waals surface area contributed by atoms with Gasteiger partial charge < -0.3 is 20.8 Å². The van der Waals surface area contributed by atoms with Crippen molar-refractivity contribution in [2.24, 2.45) is 0 Å². The molecule has 2 rings (SSSR count). The zero-order chi connectivity index (χ0) is 18.4. The SMILES string of the molecule is O=C(CC1C(=O)NCCN1Cc1c(F)cccc1Cl)NC(CO)CO. The fraction of sp³-hybridized carbons (Fsp3) is 0.500. The highest BCUT2D eigenvalue weighted by molar-refractivity contribution is 6.31. The number of aliphatic hydroxyl groups excluding tert-OH is 2. The van der Waals surface area contributed by atoms with Crippen LogP contribution in [0.15, 0.2) is 18.2 Å². The Kier molecular flexibility index (Phi) is 7.12. The summed E-state index contributed by atoms with van der Waals surface area (Å²) in [5.41, 5.74) is 0.271. The molecule has 0 saturated carbocycles. The van der Waals surface area contributed by atoms with Crippen molar-refractivity contribution in [3.05, 3.63) is 34.6 Å². The number of carbonyl (C=O) groups excluding carboxylic acids is 2. The highest BCUT2D eigenvalue weighted by atomic mass is 35.5. The van der Waals surface area contributed by atoms with Gasteiger partial charge in [-0.25, -0.2) is 4.39 Å². The molecule has 1 aliphatic heterocycles. The van der Waals surface area contributed by atoms with Gasteiger partial charge in [-0.15, -0.1) is 0 Å². The van der Waals surface area contributed by atoms with E-state index in [0.717, 1.165) is 0 Å². The maximum Gasteiger partial charge on any atom is 0.237 e. The third-order valence-corrected chi connectivity index (χ3v) is 4.40. The molecular formula is C16H21ClFN3O4. The lowest BCUT2D eigenvalue weighted by Crippen LogP contribution is -2.56. The number of hydrogen-bond acceptors (Lipinski definition) is 5. The number of rotatable bonds is 7. The molecule has 0 radical (unpaired) electrons. The lowest BCUT2D eigenvalue weighted by molar-refractivity contribution is -0.134. The van der Waals surface area contributed by atoms with Crippen LogP contribution < -0.4 is 10.6 Å². The van der Waals surface area contributed by atoms with Crippen molar-refractivity contribution in [2.45, 2.75) is 25.0 Å². The van der Waals surface area contributed by atoms with Crippen LogP contribution in [-0.4, -0.2) is 65.3 Å². The summed E-state index contributed by atoms with van der Waals surface area (Å²) >= 11 is 6.04. The molecule has 1 aromatic rings. The Morgan fingerprint density at radius 2 is 2.16 bits per heavy atom. The molecule has 0 aliphatic carbocycles. The van der Waals surface area contributed by atoms with Crippen LogP contribution in [0.2, 0.25) is 5.02 Å². The first-order valence-corrected chi connectivity index (χ1v) is 8.29. The van der Waals surface area contributed by atoms with Gasteiger partial charge in [-0.3, -0.25) is 14.5 Å². The molecule has 25 heavy (non-hydrogen) atoms. The third kappa shape index (κ3) is 5.12. The molecule has 0 aromatic heterocycles. The first-order valence-electron chi connectivity index (χ1n) is 7.92. The molecule has 0 spiro atoms. The molecule has 138 valence electrons. The van der Waals surface area contributed by atoms with Crippen molar-refractivity contribution in [3.8, 4) is 0 Å². The van der Waals surface area contributed by atoms with E-state index in [0.29, 0.717) is 13.1 Å². The van der Waals surface area contributed by atoms with Crippen LogP contribution >= 0.6 is 11.6 Å². The first kappa shape index (κ1) is 19.6. The minimum Gasteiger partial charge on any atom is -0.394 e. The third-order valence-electron chi connectivity index (χ3n) is 4.05. The van der Waals surface area contributed by atoms with Crippen LogP contribution in [0.4, 0.5) is 4.39 Å². The largest absolute Gasteiger partial charge is 0.394 e. The minimum absolute atomic E-state index is 0.0975. The van der Waals surface area contributed by atoms with E-state index in [2.05, 4.69) is 10.6 Å². The minimum atomic E-state index is -0.789. The molecule has 1 heterocycles. The molecule has 1 aliphatic rings. The van der Waals surface area contributed by atoms with Crippen LogP contribution in [0, 0.1) is 5.82 Å². The molecule has 4 N–H and O–H groups in total. The van der Waals surface area contributed by atoms with E-state index in [9.17, 15) is 14.0 Å². The van der Waals surface area contributed by atoms with Crippen LogP contribution in [0.1, 0.15) is 12.0 Å². The zero-order valence-electron chi connectivity index (χ0n) is 13.5. The number of piperazine rings is 1. The van der Waals surface area contributed by atoms with E-state index >= 15 is 0 Å². The topological polar surface area (TPSA) is 102 Å². The van der Waals surface area contributed by atoms with Gasteiger partial charge in [-0.1, -0.05) is 17.7 Å². The second-order valence-electron chi connectivity index (χ2n) is 5.81. The highest BCUT2D eigenvalue weighted by Gasteiger charge is 2.32. The monoisotopic (exact) mass is 373 g/mol. The first-order chi connectivity index (χ1) is 12.0. The molecule has 0 bridgehead atoms. The molecule has 1 fully saturated rings. The summed E-state index contributed by atoms with van der Waals surface area (Å²) in [5.74, 6) is -1.29. The van der Waals surface area contributed by atoms with Gasteiger partial charge in [-0.2, -0.15) is 0 Å². The Morgan fingerprint density at radius 1 is 1.44 bits per heavy atom. The predicted octanol–water partition coefficient (Wildman–Crippen LogP) is -0.361. The maximum absolute atomic E-state index is 14.0. The van der Waals surface area contributed by atoms with Gasteiger partial charge in [0.25, 0.3) is 0 Å². The van der Waals surface area contributed by atoms with Gasteiger partial charge in [-0.05, 0) is 12.1 Å². The quantitative estimate of drug-likeness (QED) is 0.523. The molecule has 2 amide bonds. The summed E-state index contributed by atoms with van der Waals surface area (Å²) in [7, 11) is 0. The molecule has 7 nitrogen and oxygen atoms in total. The smallest absolute Gasteiger partial charge is 0.237 e. The van der Waals surface area contributed by atoms with E-state index in [-0.39, 0.29) is 29.5 Å². The van der Waals surface area contributed by atoms with E-state index < -0.39 is 37.0 Å². The predicted molar refractivity (Wildman–Crippen MR) is 89.3 cm³/mol. The Labute approximate surface area is 149 Å². The normalized spacial score (nSPS) is 18.3. The Morgan fingerprint density at radius 3 is 2.80 bits per heavy atom. The van der Waals surface area contributed by atoms with Crippen LogP contribution in [0.5, 0.6) is 0 Å². The van der Waals surface area contributed by atoms with E-state index in [1.165, 1.54) is 12.1 Å². The van der Waals surface area contributed by atoms with Gasteiger partial charge in [0.1, 0.15) is 5.82 Å². The van der Waals surface area contributed by atoms with Crippen LogP contribution in [0.3, 0.4) is 0 Å². The molecule has 9 heteroatoms. The van der Waals surface area contributed by atoms with Crippen LogP contribution in [0.25, 0.3) is 0 Å². The van der Waals surface area contributed by atoms with Crippen molar-refractivity contribution >= 4 is 23.4 Å². The average Bonchev–Trinajstić information content (AvgIpc) is 2.59. The Hall–Kier alpha value is -1.74. The summed E-state index contributed by atoms with van der Waals surface area (Å²) < 4.78 is 14.0. The maximum atomic E-state index is 14.0. The van der Waals surface area contributed by atoms with Gasteiger partial charge in [0.05, 0.1) is 31.7 Å². The molecular weight excluding hydrogens is 353 g/mol. The molecule has 1 atom stereocenters. The van der Waals surface area contributed by atoms with E-state index in [1.807, 2.05) is 0 Å². The average molecular weight is 374 g/mol. The lowest BCUT2D eigenvalue weighted by atomic mass is 10.1. The summed E-state index contributed by atoms with van der Waals surface area (Å²) in [4.78, 5) is 25.9. The van der Waals surface area contributed by atoms with Crippen molar-refractivity contribution in [3.63, 3.8) is 0 Å². The fourth-order valence-corrected chi connectivity index (χ4v) is 2.89. The van der Waals surface area contributed by atoms with Gasteiger partial charge in [0, 0.05) is 30.2 Å². The number of hydrogen-bond donors (Lipinski definition) is 4. The van der Waals surface area contributed by atoms with Crippen molar-refractivity contribution in [1.82, 2.24) is 15.5 Å². The van der Waals surface area contributed by atoms with Crippen molar-refractivity contribution in [1.29, 1.82) is 0 Å². The Bertz CT molecular complexity index is 607. The van der Waals surface area contributed by atoms with Crippen molar-refractivity contribution in [2.75, 3.05) is 26.3 Å². The molecule has 1 saturated heterocycles. The second-order valence-corrected chi connectivity index (χ2v) is 6.22. The van der Waals surface area contributed by atoms with Gasteiger partial charge >= 0.3 is 0 Å². The number of nitrogens with zero attached hydrogens (tertiary/aromatic N) is 1. The number of amides is 2. The Balaban J connectivity index is 2.10. The standard InChI is InChI=1S/C16H21ClFN3O4/c17-12-2-1-3-13(18)11(12)7-21-5-4-19-16(25)14(21)6-15(24)20-10(8-22)9-23/h1-3,10,14,22-23H,4-9H2,(H,19,25)(H,20,24). The number of halogens is 2. The van der Waals surface area contributed by atoms with Crippen LogP contribution in [-0.2, 0) is 16.1 Å². The van der Waals surface area contributed by atoms with Gasteiger partial charge in [0.2, 0.25) is 11.8 Å². The summed E-state index contributed by atoms with van der Waals surface area (Å²) in [6, 6.07) is 2.79. The number of carbonyl (C=O) groups is 2. The number of aliphatic hydroxyl groups is 2. The van der Waals surface area contributed by atoms with Gasteiger partial charge in [0.15, 0.2) is 0 Å². The highest BCUT2D eigenvalue weighted by Crippen LogP contribution is 2.23. The summed E-state index contributed by atoms with van der Waals surface area (Å²) in [6.07, 6.45) is -0.172. The molecule has 1 unspecified atom stereocenters. The number of nitrogens with one attached hydrogen (secondary N) is 2. The lowest BCUT2D eigenvalue weighted by Gasteiger charge is -2.35. The zero-order valence-corrected chi connectivity index (χ0v) is 14.3. The van der Waals surface area contributed by atoms with E-state index in [4.69, 9.17) is 21.8 Å². The summed E-state index contributed by atoms with van der Waals surface area (Å²) in [6.45, 7) is 0.109. The second kappa shape index (κ2) is 9.10. The fourth-order valence-electron chi connectivity index (χ4n) is 2.67. The molecule has 1 aromatic carbocycles. The summed E-state index contributed by atoms with van der Waals surface area (Å²) in [5, 5.41) is 23.4. The number of benzene rings is 1. The van der Waals surface area contributed by atoms with E-state index in [1.54, 1.807) is 11.0 Å².